The van der Waals surface area contributed by atoms with Crippen molar-refractivity contribution in [2.75, 3.05) is 11.1 Å². The monoisotopic (exact) mass is 409 g/mol. The average molecular weight is 409 g/mol. The van der Waals surface area contributed by atoms with Crippen LogP contribution in [0.1, 0.15) is 11.1 Å². The highest BCUT2D eigenvalue weighted by Gasteiger charge is 2.30. The van der Waals surface area contributed by atoms with Crippen molar-refractivity contribution in [3.8, 4) is 11.4 Å². The number of amides is 1. The first kappa shape index (κ1) is 19.4. The van der Waals surface area contributed by atoms with Gasteiger partial charge in [-0.15, -0.1) is 0 Å². The Morgan fingerprint density at radius 3 is 2.63 bits per heavy atom. The Kier molecular flexibility index (Phi) is 5.81. The summed E-state index contributed by atoms with van der Waals surface area (Å²) in [5, 5.41) is 2.47. The number of anilines is 1. The van der Waals surface area contributed by atoms with Gasteiger partial charge in [0.05, 0.1) is 11.3 Å². The van der Waals surface area contributed by atoms with Gasteiger partial charge < -0.3 is 5.32 Å². The normalized spacial score (nSPS) is 11.4. The van der Waals surface area contributed by atoms with Crippen molar-refractivity contribution >= 4 is 34.9 Å². The van der Waals surface area contributed by atoms with Crippen molar-refractivity contribution in [3.05, 3.63) is 59.7 Å². The third kappa shape index (κ3) is 5.30. The summed E-state index contributed by atoms with van der Waals surface area (Å²) < 4.78 is 43.0. The number of aromatic nitrogens is 2. The summed E-state index contributed by atoms with van der Waals surface area (Å²) in [5.74, 6) is 0.200. The number of rotatable bonds is 5. The molecule has 3 aromatic rings. The van der Waals surface area contributed by atoms with E-state index in [9.17, 15) is 18.0 Å². The minimum absolute atomic E-state index is 0.0266. The van der Waals surface area contributed by atoms with Gasteiger partial charge in [-0.3, -0.25) is 4.79 Å². The van der Waals surface area contributed by atoms with Crippen LogP contribution < -0.4 is 5.32 Å². The molecule has 0 bridgehead atoms. The maximum absolute atomic E-state index is 12.7. The molecule has 0 aliphatic carbocycles. The van der Waals surface area contributed by atoms with E-state index in [2.05, 4.69) is 14.7 Å². The molecule has 0 spiro atoms. The molecule has 140 valence electrons. The summed E-state index contributed by atoms with van der Waals surface area (Å²) in [7, 11) is 0. The van der Waals surface area contributed by atoms with Crippen LogP contribution in [-0.4, -0.2) is 21.0 Å². The number of carbonyl (C=O) groups excluding carboxylic acids is 1. The Hall–Kier alpha value is -2.39. The number of nitrogens with zero attached hydrogens (tertiary/aromatic N) is 2. The van der Waals surface area contributed by atoms with Crippen molar-refractivity contribution in [1.29, 1.82) is 0 Å². The van der Waals surface area contributed by atoms with Gasteiger partial charge in [0.25, 0.3) is 0 Å². The molecular weight excluding hydrogens is 395 g/mol. The summed E-state index contributed by atoms with van der Waals surface area (Å²) in [6.45, 7) is 1.99. The molecule has 0 saturated heterocycles. The molecule has 1 aromatic heterocycles. The maximum Gasteiger partial charge on any atom is 0.416 e. The Morgan fingerprint density at radius 1 is 1.19 bits per heavy atom. The zero-order chi connectivity index (χ0) is 19.4. The highest BCUT2D eigenvalue weighted by atomic mass is 32.2. The van der Waals surface area contributed by atoms with Crippen LogP contribution in [0.3, 0.4) is 0 Å². The molecule has 0 aliphatic heterocycles. The number of nitrogens with one attached hydrogen (secondary N) is 1. The predicted octanol–water partition coefficient (Wildman–Crippen LogP) is 5.26. The van der Waals surface area contributed by atoms with Gasteiger partial charge in [-0.25, -0.2) is 4.98 Å². The van der Waals surface area contributed by atoms with Gasteiger partial charge in [0.2, 0.25) is 5.91 Å². The molecule has 4 nitrogen and oxygen atoms in total. The fraction of sp³-hybridized carbons (Fsp3) is 0.167. The summed E-state index contributed by atoms with van der Waals surface area (Å²) in [5.41, 5.74) is 1.32. The molecule has 2 aromatic carbocycles. The van der Waals surface area contributed by atoms with E-state index in [1.54, 1.807) is 0 Å². The first-order chi connectivity index (χ1) is 12.8. The Labute approximate surface area is 162 Å². The van der Waals surface area contributed by atoms with Crippen LogP contribution >= 0.6 is 23.3 Å². The van der Waals surface area contributed by atoms with E-state index in [0.29, 0.717) is 10.2 Å². The second kappa shape index (κ2) is 8.10. The summed E-state index contributed by atoms with van der Waals surface area (Å²) in [4.78, 5) is 16.4. The summed E-state index contributed by atoms with van der Waals surface area (Å²) in [6.07, 6.45) is -4.45. The largest absolute Gasteiger partial charge is 0.416 e. The number of halogens is 3. The lowest BCUT2D eigenvalue weighted by atomic mass is 10.1. The molecule has 0 unspecified atom stereocenters. The van der Waals surface area contributed by atoms with Crippen LogP contribution in [0.2, 0.25) is 0 Å². The standard InChI is InChI=1S/C18H14F3N3OS2/c1-11-5-7-12(8-6-11)16-23-17(27-24-16)26-10-15(25)22-14-4-2-3-13(9-14)18(19,20)21/h2-9H,10H2,1H3,(H,22,25). The molecule has 0 fully saturated rings. The quantitative estimate of drug-likeness (QED) is 0.584. The van der Waals surface area contributed by atoms with Gasteiger partial charge in [-0.05, 0) is 36.7 Å². The SMILES string of the molecule is Cc1ccc(-c2nsc(SCC(=O)Nc3cccc(C(F)(F)F)c3)n2)cc1. The van der Waals surface area contributed by atoms with E-state index >= 15 is 0 Å². The molecular formula is C18H14F3N3OS2. The van der Waals surface area contributed by atoms with Crippen LogP contribution in [0.25, 0.3) is 11.4 Å². The number of hydrogen-bond donors (Lipinski definition) is 1. The van der Waals surface area contributed by atoms with Crippen molar-refractivity contribution in [1.82, 2.24) is 9.36 Å². The Bertz CT molecular complexity index is 940. The summed E-state index contributed by atoms with van der Waals surface area (Å²) in [6, 6.07) is 12.3. The topological polar surface area (TPSA) is 54.9 Å². The molecule has 1 heterocycles. The minimum Gasteiger partial charge on any atom is -0.325 e. The van der Waals surface area contributed by atoms with Crippen LogP contribution in [0, 0.1) is 6.92 Å². The molecule has 27 heavy (non-hydrogen) atoms. The Balaban J connectivity index is 1.58. The van der Waals surface area contributed by atoms with Crippen molar-refractivity contribution < 1.29 is 18.0 Å². The second-order valence-electron chi connectivity index (χ2n) is 5.67. The van der Waals surface area contributed by atoms with Gasteiger partial charge in [0.1, 0.15) is 0 Å². The van der Waals surface area contributed by atoms with E-state index in [-0.39, 0.29) is 11.4 Å². The van der Waals surface area contributed by atoms with E-state index in [1.807, 2.05) is 31.2 Å². The second-order valence-corrected chi connectivity index (χ2v) is 7.64. The van der Waals surface area contributed by atoms with Crippen LogP contribution in [-0.2, 0) is 11.0 Å². The van der Waals surface area contributed by atoms with E-state index in [1.165, 1.54) is 35.4 Å². The average Bonchev–Trinajstić information content (AvgIpc) is 3.09. The lowest BCUT2D eigenvalue weighted by Gasteiger charge is -2.09. The predicted molar refractivity (Wildman–Crippen MR) is 101 cm³/mol. The molecule has 0 saturated carbocycles. The van der Waals surface area contributed by atoms with Gasteiger partial charge in [0, 0.05) is 11.3 Å². The van der Waals surface area contributed by atoms with Gasteiger partial charge in [-0.1, -0.05) is 47.7 Å². The van der Waals surface area contributed by atoms with Crippen molar-refractivity contribution in [2.24, 2.45) is 0 Å². The molecule has 0 aliphatic rings. The number of alkyl halides is 3. The van der Waals surface area contributed by atoms with Crippen LogP contribution in [0.4, 0.5) is 18.9 Å². The lowest BCUT2D eigenvalue weighted by molar-refractivity contribution is -0.137. The highest BCUT2D eigenvalue weighted by Crippen LogP contribution is 2.31. The molecule has 3 rings (SSSR count). The first-order valence-electron chi connectivity index (χ1n) is 7.82. The minimum atomic E-state index is -4.45. The zero-order valence-corrected chi connectivity index (χ0v) is 15.7. The van der Waals surface area contributed by atoms with Crippen LogP contribution in [0.5, 0.6) is 0 Å². The van der Waals surface area contributed by atoms with Crippen LogP contribution in [0.15, 0.2) is 52.9 Å². The molecule has 0 radical (unpaired) electrons. The third-order valence-electron chi connectivity index (χ3n) is 3.52. The number of carbonyl (C=O) groups is 1. The number of thioether (sulfide) groups is 1. The van der Waals surface area contributed by atoms with Gasteiger partial charge in [-0.2, -0.15) is 17.5 Å². The molecule has 1 N–H and O–H groups in total. The van der Waals surface area contributed by atoms with Gasteiger partial charge in [0.15, 0.2) is 10.2 Å². The van der Waals surface area contributed by atoms with Gasteiger partial charge >= 0.3 is 6.18 Å². The first-order valence-corrected chi connectivity index (χ1v) is 9.58. The molecule has 1 amide bonds. The summed E-state index contributed by atoms with van der Waals surface area (Å²) >= 11 is 2.36. The van der Waals surface area contributed by atoms with E-state index in [0.717, 1.165) is 23.3 Å². The fourth-order valence-corrected chi connectivity index (χ4v) is 3.60. The number of benzene rings is 2. The third-order valence-corrected chi connectivity index (χ3v) is 5.35. The smallest absolute Gasteiger partial charge is 0.325 e. The molecule has 0 atom stereocenters. The number of aryl methyl sites for hydroxylation is 1. The maximum atomic E-state index is 12.7. The van der Waals surface area contributed by atoms with E-state index in [4.69, 9.17) is 0 Å². The number of hydrogen-bond acceptors (Lipinski definition) is 5. The zero-order valence-electron chi connectivity index (χ0n) is 14.1. The van der Waals surface area contributed by atoms with Crippen molar-refractivity contribution in [3.63, 3.8) is 0 Å². The fourth-order valence-electron chi connectivity index (χ4n) is 2.19. The lowest BCUT2D eigenvalue weighted by Crippen LogP contribution is -2.15. The Morgan fingerprint density at radius 2 is 1.93 bits per heavy atom. The van der Waals surface area contributed by atoms with Crippen molar-refractivity contribution in [2.45, 2.75) is 17.4 Å². The highest BCUT2D eigenvalue weighted by molar-refractivity contribution is 8.01. The van der Waals surface area contributed by atoms with E-state index < -0.39 is 17.6 Å². The molecule has 9 heteroatoms.